The molecule has 4 nitrogen and oxygen atoms in total. The average Bonchev–Trinajstić information content (AvgIpc) is 3.32. The molecule has 0 atom stereocenters. The summed E-state index contributed by atoms with van der Waals surface area (Å²) >= 11 is 0. The summed E-state index contributed by atoms with van der Waals surface area (Å²) in [6.45, 7) is 0. The Morgan fingerprint density at radius 1 is 0.500 bits per heavy atom. The number of fused-ring (bicyclic) bond motifs is 8. The van der Waals surface area contributed by atoms with Crippen molar-refractivity contribution in [2.75, 3.05) is 0 Å². The Bertz CT molecular complexity index is 1080. The highest BCUT2D eigenvalue weighted by Gasteiger charge is 2.02. The Morgan fingerprint density at radius 2 is 0.875 bits per heavy atom. The Kier molecular flexibility index (Phi) is 2.76. The predicted octanol–water partition coefficient (Wildman–Crippen LogP) is 4.77. The molecule has 0 spiro atoms. The lowest BCUT2D eigenvalue weighted by Gasteiger charge is -1.86. The molecule has 8 bridgehead atoms. The minimum atomic E-state index is 0. The highest BCUT2D eigenvalue weighted by Crippen LogP contribution is 2.17. The van der Waals surface area contributed by atoms with Crippen molar-refractivity contribution in [1.29, 1.82) is 0 Å². The van der Waals surface area contributed by atoms with Gasteiger partial charge in [0.1, 0.15) is 0 Å². The van der Waals surface area contributed by atoms with Crippen LogP contribution in [-0.2, 0) is 0 Å². The number of nitrogens with zero attached hydrogens (tertiary/aromatic N) is 2. The van der Waals surface area contributed by atoms with Crippen molar-refractivity contribution in [3.8, 4) is 0 Å². The molecule has 2 aliphatic heterocycles. The maximum atomic E-state index is 4.62. The molecule has 4 heteroatoms. The minimum absolute atomic E-state index is 0. The van der Waals surface area contributed by atoms with Crippen LogP contribution in [0.3, 0.4) is 0 Å². The van der Waals surface area contributed by atoms with E-state index in [1.54, 1.807) is 0 Å². The second-order valence-electron chi connectivity index (χ2n) is 5.91. The van der Waals surface area contributed by atoms with Crippen LogP contribution in [0.2, 0.25) is 0 Å². The molecule has 24 heavy (non-hydrogen) atoms. The zero-order valence-electron chi connectivity index (χ0n) is 13.8. The maximum Gasteiger partial charge on any atom is 1.00 e. The van der Waals surface area contributed by atoms with Gasteiger partial charge in [-0.15, -0.1) is 0 Å². The van der Waals surface area contributed by atoms with Crippen LogP contribution < -0.4 is 0 Å². The quantitative estimate of drug-likeness (QED) is 0.433. The van der Waals surface area contributed by atoms with E-state index in [-0.39, 0.29) is 1.43 Å². The van der Waals surface area contributed by atoms with Crippen LogP contribution in [0.4, 0.5) is 0 Å². The van der Waals surface area contributed by atoms with Crippen LogP contribution in [0, 0.1) is 0 Å². The summed E-state index contributed by atoms with van der Waals surface area (Å²) in [4.78, 5) is 16.0. The van der Waals surface area contributed by atoms with Gasteiger partial charge in [-0.3, -0.25) is 0 Å². The molecule has 0 fully saturated rings. The van der Waals surface area contributed by atoms with E-state index in [4.69, 9.17) is 0 Å². The molecular weight excluding hydrogens is 296 g/mol. The molecule has 3 aromatic rings. The number of aromatic nitrogens is 4. The SMILES string of the molecule is C1=Cc2cc3ccc(cc4ccc(cc5nc(cc1n2)C=C5)[nH]4)[nH]3.[H+]. The molecule has 2 N–H and O–H groups in total. The number of rotatable bonds is 0. The normalized spacial score (nSPS) is 12.7. The second kappa shape index (κ2) is 5.06. The number of hydrogen-bond acceptors (Lipinski definition) is 2. The van der Waals surface area contributed by atoms with Gasteiger partial charge in [-0.25, -0.2) is 9.97 Å². The van der Waals surface area contributed by atoms with Gasteiger partial charge >= 0.3 is 1.43 Å². The molecule has 0 aromatic carbocycles. The predicted molar refractivity (Wildman–Crippen MR) is 100.0 cm³/mol. The summed E-state index contributed by atoms with van der Waals surface area (Å²) in [7, 11) is 0. The third-order valence-corrected chi connectivity index (χ3v) is 4.04. The largest absolute Gasteiger partial charge is 1.00 e. The van der Waals surface area contributed by atoms with Gasteiger partial charge in [0, 0.05) is 22.1 Å². The first-order valence-electron chi connectivity index (χ1n) is 7.85. The maximum absolute atomic E-state index is 4.62. The van der Waals surface area contributed by atoms with E-state index in [9.17, 15) is 0 Å². The molecule has 3 aromatic heterocycles. The van der Waals surface area contributed by atoms with Gasteiger partial charge in [0.2, 0.25) is 0 Å². The van der Waals surface area contributed by atoms with E-state index >= 15 is 0 Å². The Morgan fingerprint density at radius 3 is 1.33 bits per heavy atom. The van der Waals surface area contributed by atoms with Crippen molar-refractivity contribution in [3.63, 3.8) is 0 Å². The van der Waals surface area contributed by atoms with Gasteiger partial charge in [0.15, 0.2) is 0 Å². The molecule has 0 saturated carbocycles. The third-order valence-electron chi connectivity index (χ3n) is 4.04. The Balaban J connectivity index is 0.00000157. The van der Waals surface area contributed by atoms with Gasteiger partial charge in [0.05, 0.1) is 22.8 Å². The minimum Gasteiger partial charge on any atom is -0.355 e. The first-order valence-corrected chi connectivity index (χ1v) is 7.85. The zero-order chi connectivity index (χ0) is 15.9. The van der Waals surface area contributed by atoms with E-state index in [2.05, 4.69) is 50.3 Å². The highest BCUT2D eigenvalue weighted by atomic mass is 14.8. The van der Waals surface area contributed by atoms with Crippen LogP contribution in [0.5, 0.6) is 0 Å². The fourth-order valence-corrected chi connectivity index (χ4v) is 2.94. The fourth-order valence-electron chi connectivity index (χ4n) is 2.94. The summed E-state index contributed by atoms with van der Waals surface area (Å²) in [5.41, 5.74) is 7.86. The summed E-state index contributed by atoms with van der Waals surface area (Å²) in [6.07, 6.45) is 8.05. The highest BCUT2D eigenvalue weighted by molar-refractivity contribution is 5.77. The smallest absolute Gasteiger partial charge is 0.355 e. The van der Waals surface area contributed by atoms with Crippen molar-refractivity contribution in [2.24, 2.45) is 0 Å². The van der Waals surface area contributed by atoms with Crippen LogP contribution >= 0.6 is 0 Å². The van der Waals surface area contributed by atoms with E-state index in [0.717, 1.165) is 44.8 Å². The van der Waals surface area contributed by atoms with Crippen molar-refractivity contribution < 1.29 is 1.43 Å². The average molecular weight is 311 g/mol. The molecule has 114 valence electrons. The first-order chi connectivity index (χ1) is 11.8. The molecule has 0 unspecified atom stereocenters. The van der Waals surface area contributed by atoms with E-state index in [0.29, 0.717) is 0 Å². The first kappa shape index (κ1) is 13.1. The molecule has 5 rings (SSSR count). The van der Waals surface area contributed by atoms with E-state index in [1.807, 2.05) is 42.5 Å². The van der Waals surface area contributed by atoms with Crippen molar-refractivity contribution in [3.05, 3.63) is 71.3 Å². The number of aromatic amines is 2. The lowest BCUT2D eigenvalue weighted by Crippen LogP contribution is -1.77. The number of nitrogens with one attached hydrogen (secondary N) is 2. The summed E-state index contributed by atoms with van der Waals surface area (Å²) in [6, 6.07) is 16.4. The van der Waals surface area contributed by atoms with Gasteiger partial charge < -0.3 is 9.97 Å². The van der Waals surface area contributed by atoms with Gasteiger partial charge in [-0.05, 0) is 72.8 Å². The number of H-pyrrole nitrogens is 2. The summed E-state index contributed by atoms with van der Waals surface area (Å²) in [5.74, 6) is 0. The molecule has 0 radical (unpaired) electrons. The topological polar surface area (TPSA) is 57.4 Å². The van der Waals surface area contributed by atoms with Gasteiger partial charge in [-0.2, -0.15) is 0 Å². The van der Waals surface area contributed by atoms with Crippen LogP contribution in [0.15, 0.2) is 48.5 Å². The van der Waals surface area contributed by atoms with E-state index in [1.165, 1.54) is 0 Å². The molecule has 2 aliphatic rings. The fraction of sp³-hybridized carbons (Fsp3) is 0. The third kappa shape index (κ3) is 2.44. The van der Waals surface area contributed by atoms with Crippen LogP contribution in [0.25, 0.3) is 46.4 Å². The molecular formula is C20H15N4+. The standard InChI is InChI=1S/C20H14N4/c1-2-14-10-16-5-6-18(23-16)12-20-8-7-19(24-20)11-17-4-3-15(22-17)9-13(1)21-14/h1-12,21-22H/p+1. The van der Waals surface area contributed by atoms with Crippen molar-refractivity contribution >= 4 is 46.4 Å². The number of hydrogen-bond donors (Lipinski definition) is 2. The second-order valence-corrected chi connectivity index (χ2v) is 5.91. The summed E-state index contributed by atoms with van der Waals surface area (Å²) < 4.78 is 0. The molecule has 0 amide bonds. The van der Waals surface area contributed by atoms with E-state index < -0.39 is 0 Å². The monoisotopic (exact) mass is 311 g/mol. The Labute approximate surface area is 139 Å². The molecule has 0 aliphatic carbocycles. The Hall–Kier alpha value is -3.40. The molecule has 0 saturated heterocycles. The lowest BCUT2D eigenvalue weighted by molar-refractivity contribution is 1.28. The molecule has 5 heterocycles. The zero-order valence-corrected chi connectivity index (χ0v) is 12.8. The van der Waals surface area contributed by atoms with Gasteiger partial charge in [0.25, 0.3) is 0 Å². The van der Waals surface area contributed by atoms with Gasteiger partial charge in [-0.1, -0.05) is 0 Å². The van der Waals surface area contributed by atoms with Crippen LogP contribution in [-0.4, -0.2) is 19.9 Å². The summed E-state index contributed by atoms with van der Waals surface area (Å²) in [5, 5.41) is 0. The lowest BCUT2D eigenvalue weighted by atomic mass is 10.3. The van der Waals surface area contributed by atoms with Crippen LogP contribution in [0.1, 0.15) is 24.2 Å². The van der Waals surface area contributed by atoms with Crippen molar-refractivity contribution in [2.45, 2.75) is 0 Å². The van der Waals surface area contributed by atoms with Crippen molar-refractivity contribution in [1.82, 2.24) is 19.9 Å².